The fourth-order valence-corrected chi connectivity index (χ4v) is 0.865. The van der Waals surface area contributed by atoms with Gasteiger partial charge in [-0.2, -0.15) is 0 Å². The average molecular weight is 216 g/mol. The van der Waals surface area contributed by atoms with Gasteiger partial charge in [-0.1, -0.05) is 13.8 Å². The van der Waals surface area contributed by atoms with E-state index in [2.05, 4.69) is 55.4 Å². The molecule has 0 aromatic heterocycles. The molecule has 0 atom stereocenters. The molecular weight excluding hydrogens is 188 g/mol. The zero-order valence-corrected chi connectivity index (χ0v) is 11.7. The van der Waals surface area contributed by atoms with Crippen molar-refractivity contribution in [2.24, 2.45) is 5.41 Å². The molecule has 15 heavy (non-hydrogen) atoms. The predicted molar refractivity (Wildman–Crippen MR) is 65.2 cm³/mol. The highest BCUT2D eigenvalue weighted by Gasteiger charge is 2.24. The molecule has 92 valence electrons. The molecule has 0 aliphatic rings. The van der Waals surface area contributed by atoms with E-state index in [4.69, 9.17) is 9.47 Å². The lowest BCUT2D eigenvalue weighted by Crippen LogP contribution is -2.34. The molecule has 2 heteroatoms. The molecule has 0 bridgehead atoms. The minimum absolute atomic E-state index is 0.0700. The van der Waals surface area contributed by atoms with Gasteiger partial charge in [0.1, 0.15) is 0 Å². The third-order valence-corrected chi connectivity index (χ3v) is 1.79. The Labute approximate surface area is 95.3 Å². The van der Waals surface area contributed by atoms with Gasteiger partial charge in [-0.05, 0) is 41.5 Å². The van der Waals surface area contributed by atoms with Crippen molar-refractivity contribution in [2.75, 3.05) is 13.2 Å². The maximum Gasteiger partial charge on any atom is 0.0598 e. The third kappa shape index (κ3) is 10.2. The molecule has 0 saturated heterocycles. The first kappa shape index (κ1) is 14.9. The van der Waals surface area contributed by atoms with E-state index >= 15 is 0 Å². The molecule has 0 radical (unpaired) electrons. The molecule has 0 aromatic rings. The van der Waals surface area contributed by atoms with Crippen molar-refractivity contribution < 1.29 is 9.47 Å². The molecule has 0 unspecified atom stereocenters. The van der Waals surface area contributed by atoms with Crippen LogP contribution >= 0.6 is 0 Å². The van der Waals surface area contributed by atoms with Crippen LogP contribution in [0.15, 0.2) is 0 Å². The molecule has 0 N–H and O–H groups in total. The second-order valence-corrected chi connectivity index (χ2v) is 6.97. The van der Waals surface area contributed by atoms with Crippen molar-refractivity contribution in [1.82, 2.24) is 0 Å². The fraction of sp³-hybridized carbons (Fsp3) is 1.00. The van der Waals surface area contributed by atoms with Crippen molar-refractivity contribution in [3.05, 3.63) is 0 Å². The summed E-state index contributed by atoms with van der Waals surface area (Å²) >= 11 is 0. The van der Waals surface area contributed by atoms with Crippen LogP contribution in [0.5, 0.6) is 0 Å². The van der Waals surface area contributed by atoms with Crippen LogP contribution in [0.2, 0.25) is 0 Å². The van der Waals surface area contributed by atoms with Gasteiger partial charge in [0.2, 0.25) is 0 Å². The minimum Gasteiger partial charge on any atom is -0.375 e. The normalized spacial score (nSPS) is 14.4. The lowest BCUT2D eigenvalue weighted by molar-refractivity contribution is -0.0951. The summed E-state index contributed by atoms with van der Waals surface area (Å²) in [4.78, 5) is 0. The Kier molecular flexibility index (Phi) is 4.81. The van der Waals surface area contributed by atoms with E-state index in [-0.39, 0.29) is 16.6 Å². The highest BCUT2D eigenvalue weighted by Crippen LogP contribution is 2.22. The van der Waals surface area contributed by atoms with Crippen LogP contribution in [0.25, 0.3) is 0 Å². The Bertz CT molecular complexity index is 162. The summed E-state index contributed by atoms with van der Waals surface area (Å²) in [5.74, 6) is 0. The van der Waals surface area contributed by atoms with Gasteiger partial charge in [-0.25, -0.2) is 0 Å². The topological polar surface area (TPSA) is 18.5 Å². The van der Waals surface area contributed by atoms with Crippen LogP contribution in [0.1, 0.15) is 55.4 Å². The third-order valence-electron chi connectivity index (χ3n) is 1.79. The quantitative estimate of drug-likeness (QED) is 0.714. The predicted octanol–water partition coefficient (Wildman–Crippen LogP) is 3.64. The first-order chi connectivity index (χ1) is 6.41. The zero-order valence-electron chi connectivity index (χ0n) is 11.7. The Morgan fingerprint density at radius 3 is 1.07 bits per heavy atom. The molecule has 0 heterocycles. The molecule has 0 saturated carbocycles. The maximum absolute atomic E-state index is 5.78. The first-order valence-electron chi connectivity index (χ1n) is 5.69. The second-order valence-electron chi connectivity index (χ2n) is 6.97. The van der Waals surface area contributed by atoms with Gasteiger partial charge in [0, 0.05) is 5.41 Å². The Hall–Kier alpha value is -0.0800. The highest BCUT2D eigenvalue weighted by molar-refractivity contribution is 4.72. The number of rotatable bonds is 4. The van der Waals surface area contributed by atoms with Gasteiger partial charge >= 0.3 is 0 Å². The van der Waals surface area contributed by atoms with Crippen molar-refractivity contribution in [3.8, 4) is 0 Å². The van der Waals surface area contributed by atoms with Gasteiger partial charge in [0.05, 0.1) is 24.4 Å². The molecule has 0 amide bonds. The molecule has 2 nitrogen and oxygen atoms in total. The molecular formula is C13H28O2. The number of hydrogen-bond acceptors (Lipinski definition) is 2. The van der Waals surface area contributed by atoms with Crippen LogP contribution < -0.4 is 0 Å². The van der Waals surface area contributed by atoms with Crippen molar-refractivity contribution in [2.45, 2.75) is 66.6 Å². The summed E-state index contributed by atoms with van der Waals surface area (Å²) in [6.45, 7) is 18.3. The zero-order chi connectivity index (χ0) is 12.3. The summed E-state index contributed by atoms with van der Waals surface area (Å²) in [6.07, 6.45) is 0. The van der Waals surface area contributed by atoms with Gasteiger partial charge in [0.25, 0.3) is 0 Å². The standard InChI is InChI=1S/C13H28O2/c1-11(2,3)14-9-13(7,8)10-15-12(4,5)6/h9-10H2,1-8H3. The summed E-state index contributed by atoms with van der Waals surface area (Å²) in [6, 6.07) is 0. The molecule has 0 rings (SSSR count). The number of ether oxygens (including phenoxy) is 2. The first-order valence-corrected chi connectivity index (χ1v) is 5.69. The van der Waals surface area contributed by atoms with Crippen molar-refractivity contribution in [1.29, 1.82) is 0 Å². The molecule has 0 aliphatic carbocycles. The van der Waals surface area contributed by atoms with Gasteiger partial charge in [-0.15, -0.1) is 0 Å². The molecule has 0 aliphatic heterocycles. The van der Waals surface area contributed by atoms with Crippen LogP contribution in [0.4, 0.5) is 0 Å². The van der Waals surface area contributed by atoms with E-state index in [0.717, 1.165) is 13.2 Å². The number of hydrogen-bond donors (Lipinski definition) is 0. The van der Waals surface area contributed by atoms with E-state index < -0.39 is 0 Å². The van der Waals surface area contributed by atoms with E-state index in [1.807, 2.05) is 0 Å². The van der Waals surface area contributed by atoms with E-state index in [1.165, 1.54) is 0 Å². The fourth-order valence-electron chi connectivity index (χ4n) is 0.865. The van der Waals surface area contributed by atoms with E-state index in [9.17, 15) is 0 Å². The Balaban J connectivity index is 3.98. The lowest BCUT2D eigenvalue weighted by atomic mass is 9.95. The molecule has 0 aromatic carbocycles. The Morgan fingerprint density at radius 2 is 0.867 bits per heavy atom. The summed E-state index contributed by atoms with van der Waals surface area (Å²) in [5, 5.41) is 0. The smallest absolute Gasteiger partial charge is 0.0598 e. The van der Waals surface area contributed by atoms with Gasteiger partial charge in [-0.3, -0.25) is 0 Å². The molecule has 0 spiro atoms. The second kappa shape index (κ2) is 4.84. The SMILES string of the molecule is CC(C)(COC(C)(C)C)COC(C)(C)C. The van der Waals surface area contributed by atoms with Crippen LogP contribution in [0, 0.1) is 5.41 Å². The summed E-state index contributed by atoms with van der Waals surface area (Å²) in [5.41, 5.74) is -0.0709. The van der Waals surface area contributed by atoms with Crippen LogP contribution in [-0.2, 0) is 9.47 Å². The summed E-state index contributed by atoms with van der Waals surface area (Å²) < 4.78 is 11.6. The van der Waals surface area contributed by atoms with Crippen LogP contribution in [-0.4, -0.2) is 24.4 Å². The monoisotopic (exact) mass is 216 g/mol. The van der Waals surface area contributed by atoms with E-state index in [0.29, 0.717) is 0 Å². The van der Waals surface area contributed by atoms with E-state index in [1.54, 1.807) is 0 Å². The van der Waals surface area contributed by atoms with Crippen LogP contribution in [0.3, 0.4) is 0 Å². The van der Waals surface area contributed by atoms with Crippen molar-refractivity contribution >= 4 is 0 Å². The Morgan fingerprint density at radius 1 is 0.600 bits per heavy atom. The largest absolute Gasteiger partial charge is 0.375 e. The van der Waals surface area contributed by atoms with Gasteiger partial charge < -0.3 is 9.47 Å². The maximum atomic E-state index is 5.78. The summed E-state index contributed by atoms with van der Waals surface area (Å²) in [7, 11) is 0. The van der Waals surface area contributed by atoms with Crippen molar-refractivity contribution in [3.63, 3.8) is 0 Å². The average Bonchev–Trinajstić information content (AvgIpc) is 1.96. The highest BCUT2D eigenvalue weighted by atomic mass is 16.5. The van der Waals surface area contributed by atoms with Gasteiger partial charge in [0.15, 0.2) is 0 Å². The minimum atomic E-state index is -0.0704. The molecule has 0 fully saturated rings. The lowest BCUT2D eigenvalue weighted by Gasteiger charge is -2.32.